The van der Waals surface area contributed by atoms with Crippen LogP contribution in [0.4, 0.5) is 26.1 Å². The van der Waals surface area contributed by atoms with E-state index in [0.717, 1.165) is 12.1 Å². The average Bonchev–Trinajstić information content (AvgIpc) is 2.22. The molecule has 0 saturated carbocycles. The lowest BCUT2D eigenvalue weighted by molar-refractivity contribution is 0.586. The fraction of sp³-hybridized carbons (Fsp3) is 0.0909. The van der Waals surface area contributed by atoms with Crippen molar-refractivity contribution in [3.8, 4) is 0 Å². The predicted octanol–water partition coefficient (Wildman–Crippen LogP) is 3.04. The number of hydrogen-bond donors (Lipinski definition) is 2. The number of hydrogen-bond acceptors (Lipinski definition) is 4. The standard InChI is InChI=1S/C11H9ClF2N4/c1-5-16-9(15)4-10(17-5)18-11-7(12)2-6(13)3-8(11)14/h2-4H,1H3,(H3,15,16,17,18). The van der Waals surface area contributed by atoms with Crippen LogP contribution in [0.25, 0.3) is 0 Å². The number of nitrogens with two attached hydrogens (primary N) is 1. The van der Waals surface area contributed by atoms with E-state index in [1.165, 1.54) is 6.07 Å². The van der Waals surface area contributed by atoms with Crippen LogP contribution in [0, 0.1) is 18.6 Å². The summed E-state index contributed by atoms with van der Waals surface area (Å²) in [5.41, 5.74) is 5.48. The number of rotatable bonds is 2. The highest BCUT2D eigenvalue weighted by molar-refractivity contribution is 6.33. The zero-order valence-corrected chi connectivity index (χ0v) is 10.1. The topological polar surface area (TPSA) is 63.8 Å². The van der Waals surface area contributed by atoms with Crippen LogP contribution < -0.4 is 11.1 Å². The summed E-state index contributed by atoms with van der Waals surface area (Å²) in [6.45, 7) is 1.64. The number of aryl methyl sites for hydroxylation is 1. The van der Waals surface area contributed by atoms with Gasteiger partial charge in [-0.15, -0.1) is 0 Å². The highest BCUT2D eigenvalue weighted by atomic mass is 35.5. The Morgan fingerprint density at radius 2 is 1.94 bits per heavy atom. The Hall–Kier alpha value is -1.95. The van der Waals surface area contributed by atoms with Gasteiger partial charge >= 0.3 is 0 Å². The molecule has 0 aliphatic rings. The second kappa shape index (κ2) is 4.73. The monoisotopic (exact) mass is 270 g/mol. The molecule has 3 N–H and O–H groups in total. The Labute approximate surface area is 107 Å². The molecule has 0 fully saturated rings. The van der Waals surface area contributed by atoms with Gasteiger partial charge in [-0.05, 0) is 13.0 Å². The van der Waals surface area contributed by atoms with Gasteiger partial charge in [-0.3, -0.25) is 0 Å². The maximum absolute atomic E-state index is 13.5. The lowest BCUT2D eigenvalue weighted by Gasteiger charge is -2.09. The second-order valence-electron chi connectivity index (χ2n) is 3.59. The van der Waals surface area contributed by atoms with Crippen molar-refractivity contribution in [1.29, 1.82) is 0 Å². The quantitative estimate of drug-likeness (QED) is 0.880. The minimum Gasteiger partial charge on any atom is -0.384 e. The normalized spacial score (nSPS) is 10.4. The van der Waals surface area contributed by atoms with Crippen LogP contribution in [0.2, 0.25) is 5.02 Å². The van der Waals surface area contributed by atoms with Gasteiger partial charge in [0.1, 0.15) is 23.3 Å². The van der Waals surface area contributed by atoms with Gasteiger partial charge in [0, 0.05) is 12.1 Å². The Bertz CT molecular complexity index is 560. The molecule has 0 saturated heterocycles. The molecule has 1 aromatic carbocycles. The summed E-state index contributed by atoms with van der Waals surface area (Å²) < 4.78 is 26.4. The molecular formula is C11H9ClF2N4. The summed E-state index contributed by atoms with van der Waals surface area (Å²) in [5, 5.41) is 2.56. The first-order valence-corrected chi connectivity index (χ1v) is 5.36. The Kier molecular flexibility index (Phi) is 3.29. The zero-order chi connectivity index (χ0) is 13.3. The Morgan fingerprint density at radius 3 is 2.56 bits per heavy atom. The summed E-state index contributed by atoms with van der Waals surface area (Å²) in [5.74, 6) is -0.608. The van der Waals surface area contributed by atoms with E-state index in [9.17, 15) is 8.78 Å². The van der Waals surface area contributed by atoms with Crippen LogP contribution >= 0.6 is 11.6 Å². The minimum absolute atomic E-state index is 0.0597. The van der Waals surface area contributed by atoms with Gasteiger partial charge in [0.25, 0.3) is 0 Å². The molecule has 94 valence electrons. The van der Waals surface area contributed by atoms with Gasteiger partial charge in [-0.1, -0.05) is 11.6 Å². The SMILES string of the molecule is Cc1nc(N)cc(Nc2c(F)cc(F)cc2Cl)n1. The number of nitrogens with one attached hydrogen (secondary N) is 1. The van der Waals surface area contributed by atoms with Crippen LogP contribution in [0.15, 0.2) is 18.2 Å². The predicted molar refractivity (Wildman–Crippen MR) is 65.8 cm³/mol. The zero-order valence-electron chi connectivity index (χ0n) is 9.34. The Morgan fingerprint density at radius 1 is 1.22 bits per heavy atom. The molecular weight excluding hydrogens is 262 g/mol. The highest BCUT2D eigenvalue weighted by Gasteiger charge is 2.11. The molecule has 18 heavy (non-hydrogen) atoms. The number of benzene rings is 1. The molecule has 2 aromatic rings. The molecule has 1 aromatic heterocycles. The van der Waals surface area contributed by atoms with E-state index in [0.29, 0.717) is 5.82 Å². The maximum atomic E-state index is 13.5. The lowest BCUT2D eigenvalue weighted by Crippen LogP contribution is -2.02. The van der Waals surface area contributed by atoms with Crippen molar-refractivity contribution in [2.24, 2.45) is 0 Å². The molecule has 0 bridgehead atoms. The molecule has 4 nitrogen and oxygen atoms in total. The highest BCUT2D eigenvalue weighted by Crippen LogP contribution is 2.29. The third-order valence-electron chi connectivity index (χ3n) is 2.12. The van der Waals surface area contributed by atoms with Gasteiger partial charge in [0.2, 0.25) is 0 Å². The van der Waals surface area contributed by atoms with Crippen molar-refractivity contribution in [2.45, 2.75) is 6.92 Å². The van der Waals surface area contributed by atoms with Crippen molar-refractivity contribution in [2.75, 3.05) is 11.1 Å². The number of anilines is 3. The molecule has 0 radical (unpaired) electrons. The first-order chi connectivity index (χ1) is 8.45. The summed E-state index contributed by atoms with van der Waals surface area (Å²) in [6, 6.07) is 3.15. The van der Waals surface area contributed by atoms with Gasteiger partial charge in [-0.2, -0.15) is 0 Å². The molecule has 7 heteroatoms. The molecule has 0 aliphatic heterocycles. The minimum atomic E-state index is -0.810. The van der Waals surface area contributed by atoms with Crippen molar-refractivity contribution in [3.63, 3.8) is 0 Å². The Balaban J connectivity index is 2.40. The van der Waals surface area contributed by atoms with Crippen LogP contribution in [0.5, 0.6) is 0 Å². The van der Waals surface area contributed by atoms with E-state index in [1.54, 1.807) is 6.92 Å². The van der Waals surface area contributed by atoms with Gasteiger partial charge < -0.3 is 11.1 Å². The largest absolute Gasteiger partial charge is 0.384 e. The lowest BCUT2D eigenvalue weighted by atomic mass is 10.3. The molecule has 2 rings (SSSR count). The summed E-state index contributed by atoms with van der Waals surface area (Å²) >= 11 is 5.75. The smallest absolute Gasteiger partial charge is 0.151 e. The van der Waals surface area contributed by atoms with Gasteiger partial charge in [0.05, 0.1) is 10.7 Å². The van der Waals surface area contributed by atoms with Crippen molar-refractivity contribution in [1.82, 2.24) is 9.97 Å². The molecule has 0 spiro atoms. The fourth-order valence-corrected chi connectivity index (χ4v) is 1.69. The number of nitrogen functional groups attached to an aromatic ring is 1. The van der Waals surface area contributed by atoms with Crippen LogP contribution in [0.3, 0.4) is 0 Å². The number of aromatic nitrogens is 2. The molecule has 0 unspecified atom stereocenters. The van der Waals surface area contributed by atoms with Crippen LogP contribution in [0.1, 0.15) is 5.82 Å². The van der Waals surface area contributed by atoms with E-state index in [2.05, 4.69) is 15.3 Å². The van der Waals surface area contributed by atoms with Gasteiger partial charge in [0.15, 0.2) is 5.82 Å². The van der Waals surface area contributed by atoms with Gasteiger partial charge in [-0.25, -0.2) is 18.7 Å². The molecule has 0 aliphatic carbocycles. The first-order valence-electron chi connectivity index (χ1n) is 4.98. The average molecular weight is 271 g/mol. The van der Waals surface area contributed by atoms with E-state index in [-0.39, 0.29) is 22.3 Å². The maximum Gasteiger partial charge on any atom is 0.151 e. The van der Waals surface area contributed by atoms with E-state index in [4.69, 9.17) is 17.3 Å². The third-order valence-corrected chi connectivity index (χ3v) is 2.42. The summed E-state index contributed by atoms with van der Waals surface area (Å²) in [6.07, 6.45) is 0. The number of halogens is 3. The fourth-order valence-electron chi connectivity index (χ4n) is 1.44. The van der Waals surface area contributed by atoms with Crippen molar-refractivity contribution in [3.05, 3.63) is 40.7 Å². The second-order valence-corrected chi connectivity index (χ2v) is 4.00. The van der Waals surface area contributed by atoms with Crippen molar-refractivity contribution < 1.29 is 8.78 Å². The summed E-state index contributed by atoms with van der Waals surface area (Å²) in [7, 11) is 0. The van der Waals surface area contributed by atoms with Crippen LogP contribution in [-0.2, 0) is 0 Å². The summed E-state index contributed by atoms with van der Waals surface area (Å²) in [4.78, 5) is 7.89. The molecule has 0 atom stereocenters. The first kappa shape index (κ1) is 12.5. The number of nitrogens with zero attached hydrogens (tertiary/aromatic N) is 2. The molecule has 0 amide bonds. The van der Waals surface area contributed by atoms with Crippen LogP contribution in [-0.4, -0.2) is 9.97 Å². The molecule has 1 heterocycles. The third kappa shape index (κ3) is 2.65. The van der Waals surface area contributed by atoms with E-state index >= 15 is 0 Å². The van der Waals surface area contributed by atoms with Crippen molar-refractivity contribution >= 4 is 28.9 Å². The van der Waals surface area contributed by atoms with E-state index in [1.807, 2.05) is 0 Å². The van der Waals surface area contributed by atoms with E-state index < -0.39 is 11.6 Å².